The van der Waals surface area contributed by atoms with Crippen molar-refractivity contribution in [3.63, 3.8) is 0 Å². The number of nitrogens with one attached hydrogen (secondary N) is 2. The average molecular weight is 210 g/mol. The highest BCUT2D eigenvalue weighted by Gasteiger charge is 2.43. The summed E-state index contributed by atoms with van der Waals surface area (Å²) in [6, 6.07) is 0. The highest BCUT2D eigenvalue weighted by atomic mass is 16.2. The molecule has 2 rings (SSSR count). The van der Waals surface area contributed by atoms with Crippen LogP contribution in [-0.4, -0.2) is 24.5 Å². The number of rotatable bonds is 1. The van der Waals surface area contributed by atoms with Gasteiger partial charge in [-0.05, 0) is 37.5 Å². The fraction of sp³-hybridized carbons (Fsp3) is 0.917. The molecule has 15 heavy (non-hydrogen) atoms. The molecule has 1 heterocycles. The van der Waals surface area contributed by atoms with Crippen LogP contribution < -0.4 is 10.6 Å². The molecule has 3 nitrogen and oxygen atoms in total. The number of hydrogen-bond donors (Lipinski definition) is 2. The van der Waals surface area contributed by atoms with Gasteiger partial charge in [0.05, 0.1) is 5.54 Å². The Hall–Kier alpha value is -0.570. The van der Waals surface area contributed by atoms with E-state index in [1.54, 1.807) is 0 Å². The third kappa shape index (κ3) is 2.03. The second-order valence-corrected chi connectivity index (χ2v) is 5.35. The Morgan fingerprint density at radius 2 is 1.93 bits per heavy atom. The summed E-state index contributed by atoms with van der Waals surface area (Å²) in [6.45, 7) is 6.29. The lowest BCUT2D eigenvalue weighted by Gasteiger charge is -2.43. The zero-order valence-electron chi connectivity index (χ0n) is 9.81. The molecule has 1 amide bonds. The van der Waals surface area contributed by atoms with Crippen LogP contribution in [0.1, 0.15) is 39.5 Å². The molecule has 2 aliphatic rings. The number of piperazine rings is 1. The molecule has 0 aromatic carbocycles. The Morgan fingerprint density at radius 1 is 1.27 bits per heavy atom. The van der Waals surface area contributed by atoms with Crippen molar-refractivity contribution in [3.05, 3.63) is 0 Å². The average Bonchev–Trinajstić information content (AvgIpc) is 2.23. The van der Waals surface area contributed by atoms with Crippen molar-refractivity contribution in [2.45, 2.75) is 45.1 Å². The first kappa shape index (κ1) is 10.9. The van der Waals surface area contributed by atoms with Crippen LogP contribution in [0.25, 0.3) is 0 Å². The molecule has 1 aliphatic heterocycles. The van der Waals surface area contributed by atoms with Crippen molar-refractivity contribution in [2.24, 2.45) is 11.8 Å². The minimum Gasteiger partial charge on any atom is -0.353 e. The van der Waals surface area contributed by atoms with Gasteiger partial charge in [-0.15, -0.1) is 0 Å². The summed E-state index contributed by atoms with van der Waals surface area (Å²) >= 11 is 0. The molecule has 0 aromatic heterocycles. The minimum atomic E-state index is -0.219. The van der Waals surface area contributed by atoms with E-state index in [9.17, 15) is 4.79 Å². The Balaban J connectivity index is 1.98. The van der Waals surface area contributed by atoms with E-state index >= 15 is 0 Å². The van der Waals surface area contributed by atoms with Crippen molar-refractivity contribution < 1.29 is 4.79 Å². The summed E-state index contributed by atoms with van der Waals surface area (Å²) in [7, 11) is 0. The molecule has 86 valence electrons. The monoisotopic (exact) mass is 210 g/mol. The van der Waals surface area contributed by atoms with Crippen LogP contribution in [0.15, 0.2) is 0 Å². The third-order valence-corrected chi connectivity index (χ3v) is 4.14. The predicted octanol–water partition coefficient (Wildman–Crippen LogP) is 1.29. The van der Waals surface area contributed by atoms with Crippen LogP contribution >= 0.6 is 0 Å². The van der Waals surface area contributed by atoms with Crippen LogP contribution in [-0.2, 0) is 4.79 Å². The molecular weight excluding hydrogens is 188 g/mol. The summed E-state index contributed by atoms with van der Waals surface area (Å²) in [4.78, 5) is 11.9. The van der Waals surface area contributed by atoms with Gasteiger partial charge in [0.1, 0.15) is 0 Å². The highest BCUT2D eigenvalue weighted by Crippen LogP contribution is 2.36. The second-order valence-electron chi connectivity index (χ2n) is 5.35. The van der Waals surface area contributed by atoms with E-state index in [4.69, 9.17) is 0 Å². The second kappa shape index (κ2) is 4.12. The van der Waals surface area contributed by atoms with Gasteiger partial charge in [-0.1, -0.05) is 13.8 Å². The van der Waals surface area contributed by atoms with Crippen molar-refractivity contribution in [2.75, 3.05) is 13.1 Å². The largest absolute Gasteiger partial charge is 0.353 e. The van der Waals surface area contributed by atoms with Gasteiger partial charge in [0.15, 0.2) is 0 Å². The molecule has 0 atom stereocenters. The van der Waals surface area contributed by atoms with Crippen molar-refractivity contribution in [1.29, 1.82) is 0 Å². The predicted molar refractivity (Wildman–Crippen MR) is 60.5 cm³/mol. The van der Waals surface area contributed by atoms with Crippen LogP contribution in [0, 0.1) is 11.8 Å². The molecule has 3 heteroatoms. The van der Waals surface area contributed by atoms with Gasteiger partial charge < -0.3 is 10.6 Å². The fourth-order valence-corrected chi connectivity index (χ4v) is 2.93. The highest BCUT2D eigenvalue weighted by molar-refractivity contribution is 5.87. The Bertz CT molecular complexity index is 242. The Morgan fingerprint density at radius 3 is 2.47 bits per heavy atom. The van der Waals surface area contributed by atoms with E-state index < -0.39 is 0 Å². The molecule has 1 saturated heterocycles. The lowest BCUT2D eigenvalue weighted by molar-refractivity contribution is -0.131. The smallest absolute Gasteiger partial charge is 0.240 e. The molecule has 2 fully saturated rings. The fourth-order valence-electron chi connectivity index (χ4n) is 2.93. The van der Waals surface area contributed by atoms with Crippen molar-refractivity contribution in [3.8, 4) is 0 Å². The minimum absolute atomic E-state index is 0.219. The molecule has 1 spiro atoms. The number of hydrogen-bond acceptors (Lipinski definition) is 2. The first-order chi connectivity index (χ1) is 7.14. The van der Waals surface area contributed by atoms with Crippen LogP contribution in [0.4, 0.5) is 0 Å². The lowest BCUT2D eigenvalue weighted by Crippen LogP contribution is -2.64. The maximum Gasteiger partial charge on any atom is 0.240 e. The molecular formula is C12H22N2O. The van der Waals surface area contributed by atoms with Crippen molar-refractivity contribution in [1.82, 2.24) is 10.6 Å². The van der Waals surface area contributed by atoms with E-state index in [-0.39, 0.29) is 11.4 Å². The first-order valence-corrected chi connectivity index (χ1v) is 6.17. The Labute approximate surface area is 92.0 Å². The van der Waals surface area contributed by atoms with Crippen LogP contribution in [0.3, 0.4) is 0 Å². The Kier molecular flexibility index (Phi) is 3.01. The van der Waals surface area contributed by atoms with Gasteiger partial charge in [0.25, 0.3) is 0 Å². The first-order valence-electron chi connectivity index (χ1n) is 6.17. The maximum atomic E-state index is 11.9. The molecule has 1 aliphatic carbocycles. The standard InChI is InChI=1S/C12H22N2O/c1-9(2)10-3-5-12(6-4-10)11(15)13-7-8-14-12/h9-10,14H,3-8H2,1-2H3,(H,13,15). The topological polar surface area (TPSA) is 41.1 Å². The van der Waals surface area contributed by atoms with Gasteiger partial charge in [-0.25, -0.2) is 0 Å². The summed E-state index contributed by atoms with van der Waals surface area (Å²) < 4.78 is 0. The number of amides is 1. The molecule has 0 radical (unpaired) electrons. The zero-order valence-corrected chi connectivity index (χ0v) is 9.81. The van der Waals surface area contributed by atoms with Gasteiger partial charge in [0.2, 0.25) is 5.91 Å². The van der Waals surface area contributed by atoms with Crippen LogP contribution in [0.2, 0.25) is 0 Å². The number of carbonyl (C=O) groups excluding carboxylic acids is 1. The van der Waals surface area contributed by atoms with Crippen LogP contribution in [0.5, 0.6) is 0 Å². The van der Waals surface area contributed by atoms with Gasteiger partial charge in [-0.2, -0.15) is 0 Å². The van der Waals surface area contributed by atoms with E-state index in [1.165, 1.54) is 12.8 Å². The molecule has 0 bridgehead atoms. The molecule has 1 saturated carbocycles. The summed E-state index contributed by atoms with van der Waals surface area (Å²) in [5.41, 5.74) is -0.219. The quantitative estimate of drug-likeness (QED) is 0.685. The SMILES string of the molecule is CC(C)C1CCC2(CC1)NCCNC2=O. The molecule has 0 unspecified atom stereocenters. The summed E-state index contributed by atoms with van der Waals surface area (Å²) in [6.07, 6.45) is 4.42. The van der Waals surface area contributed by atoms with Gasteiger partial charge >= 0.3 is 0 Å². The summed E-state index contributed by atoms with van der Waals surface area (Å²) in [5.74, 6) is 1.80. The third-order valence-electron chi connectivity index (χ3n) is 4.14. The molecule has 0 aromatic rings. The van der Waals surface area contributed by atoms with E-state index in [0.717, 1.165) is 37.8 Å². The zero-order chi connectivity index (χ0) is 10.9. The van der Waals surface area contributed by atoms with Gasteiger partial charge in [-0.3, -0.25) is 4.79 Å². The van der Waals surface area contributed by atoms with E-state index in [1.807, 2.05) is 0 Å². The van der Waals surface area contributed by atoms with Gasteiger partial charge in [0, 0.05) is 13.1 Å². The maximum absolute atomic E-state index is 11.9. The van der Waals surface area contributed by atoms with E-state index in [0.29, 0.717) is 0 Å². The normalized spacial score (nSPS) is 37.0. The summed E-state index contributed by atoms with van der Waals surface area (Å²) in [5, 5.41) is 6.42. The van der Waals surface area contributed by atoms with Crippen molar-refractivity contribution >= 4 is 5.91 Å². The number of carbonyl (C=O) groups is 1. The van der Waals surface area contributed by atoms with E-state index in [2.05, 4.69) is 24.5 Å². The lowest BCUT2D eigenvalue weighted by atomic mass is 9.72. The molecule has 2 N–H and O–H groups in total.